The molecular formula is C13H18N2O2S2. The number of hydrogen-bond acceptors (Lipinski definition) is 3. The lowest BCUT2D eigenvalue weighted by atomic mass is 10.2. The Morgan fingerprint density at radius 2 is 2.21 bits per heavy atom. The van der Waals surface area contributed by atoms with Gasteiger partial charge >= 0.3 is 0 Å². The largest absolute Gasteiger partial charge is 0.348 e. The Hall–Kier alpha value is -1.14. The summed E-state index contributed by atoms with van der Waals surface area (Å²) >= 11 is 5.33. The minimum Gasteiger partial charge on any atom is -0.348 e. The Bertz CT molecular complexity index is 584. The third-order valence-corrected chi connectivity index (χ3v) is 5.49. The maximum atomic E-state index is 11.5. The number of nitrogens with zero attached hydrogens (tertiary/aromatic N) is 1. The minimum atomic E-state index is -2.88. The quantitative estimate of drug-likeness (QED) is 0.844. The van der Waals surface area contributed by atoms with Crippen molar-refractivity contribution >= 4 is 32.9 Å². The highest BCUT2D eigenvalue weighted by Crippen LogP contribution is 2.18. The summed E-state index contributed by atoms with van der Waals surface area (Å²) in [5, 5.41) is 3.71. The number of sulfone groups is 1. The van der Waals surface area contributed by atoms with E-state index in [1.165, 1.54) is 0 Å². The molecule has 0 bridgehead atoms. The van der Waals surface area contributed by atoms with E-state index in [0.717, 1.165) is 11.3 Å². The van der Waals surface area contributed by atoms with Crippen molar-refractivity contribution in [1.82, 2.24) is 4.90 Å². The fourth-order valence-corrected chi connectivity index (χ4v) is 4.22. The highest BCUT2D eigenvalue weighted by Gasteiger charge is 2.31. The van der Waals surface area contributed by atoms with Crippen LogP contribution < -0.4 is 5.32 Å². The van der Waals surface area contributed by atoms with Crippen LogP contribution in [0, 0.1) is 6.92 Å². The lowest BCUT2D eigenvalue weighted by Crippen LogP contribution is -2.40. The van der Waals surface area contributed by atoms with Crippen molar-refractivity contribution in [2.45, 2.75) is 19.4 Å². The summed E-state index contributed by atoms with van der Waals surface area (Å²) in [5.74, 6) is 0.453. The molecule has 19 heavy (non-hydrogen) atoms. The van der Waals surface area contributed by atoms with Gasteiger partial charge in [-0.05, 0) is 43.3 Å². The van der Waals surface area contributed by atoms with Gasteiger partial charge in [0.1, 0.15) is 0 Å². The Morgan fingerprint density at radius 3 is 2.79 bits per heavy atom. The Kier molecular flexibility index (Phi) is 4.10. The van der Waals surface area contributed by atoms with Crippen LogP contribution in [0.25, 0.3) is 0 Å². The molecule has 0 aromatic heterocycles. The van der Waals surface area contributed by atoms with Crippen molar-refractivity contribution in [2.75, 3.05) is 23.9 Å². The zero-order valence-electron chi connectivity index (χ0n) is 11.1. The highest BCUT2D eigenvalue weighted by molar-refractivity contribution is 7.91. The molecule has 1 aromatic carbocycles. The van der Waals surface area contributed by atoms with Gasteiger partial charge in [-0.15, -0.1) is 0 Å². The zero-order chi connectivity index (χ0) is 14.0. The van der Waals surface area contributed by atoms with E-state index in [0.29, 0.717) is 11.5 Å². The second kappa shape index (κ2) is 5.46. The summed E-state index contributed by atoms with van der Waals surface area (Å²) < 4.78 is 23.0. The van der Waals surface area contributed by atoms with Gasteiger partial charge in [-0.3, -0.25) is 0 Å². The van der Waals surface area contributed by atoms with Crippen LogP contribution in [0.3, 0.4) is 0 Å². The van der Waals surface area contributed by atoms with Crippen LogP contribution in [-0.2, 0) is 9.84 Å². The molecule has 4 nitrogen and oxygen atoms in total. The first-order valence-electron chi connectivity index (χ1n) is 6.18. The minimum absolute atomic E-state index is 0.0187. The Morgan fingerprint density at radius 1 is 1.47 bits per heavy atom. The lowest BCUT2D eigenvalue weighted by molar-refractivity contribution is 0.402. The van der Waals surface area contributed by atoms with Crippen molar-refractivity contribution in [3.05, 3.63) is 29.8 Å². The summed E-state index contributed by atoms with van der Waals surface area (Å²) in [4.78, 5) is 1.85. The number of aryl methyl sites for hydroxylation is 1. The first-order chi connectivity index (χ1) is 8.87. The van der Waals surface area contributed by atoms with Crippen LogP contribution >= 0.6 is 12.2 Å². The second-order valence-electron chi connectivity index (χ2n) is 4.97. The van der Waals surface area contributed by atoms with E-state index in [-0.39, 0.29) is 17.5 Å². The first kappa shape index (κ1) is 14.3. The predicted molar refractivity (Wildman–Crippen MR) is 82.2 cm³/mol. The van der Waals surface area contributed by atoms with Crippen LogP contribution in [0.1, 0.15) is 12.0 Å². The molecule has 0 spiro atoms. The van der Waals surface area contributed by atoms with Gasteiger partial charge < -0.3 is 10.2 Å². The number of anilines is 1. The maximum absolute atomic E-state index is 11.5. The van der Waals surface area contributed by atoms with Crippen LogP contribution in [0.4, 0.5) is 5.69 Å². The van der Waals surface area contributed by atoms with Gasteiger partial charge in [-0.1, -0.05) is 12.1 Å². The SMILES string of the molecule is Cc1cccc(NC(=S)N(C)[C@@H]2CCS(=O)(=O)C2)c1. The molecule has 0 aliphatic carbocycles. The Balaban J connectivity index is 2.00. The third kappa shape index (κ3) is 3.67. The maximum Gasteiger partial charge on any atom is 0.173 e. The van der Waals surface area contributed by atoms with E-state index in [1.807, 2.05) is 43.1 Å². The first-order valence-corrected chi connectivity index (χ1v) is 8.41. The van der Waals surface area contributed by atoms with E-state index in [4.69, 9.17) is 12.2 Å². The summed E-state index contributed by atoms with van der Waals surface area (Å²) in [6.07, 6.45) is 0.647. The summed E-state index contributed by atoms with van der Waals surface area (Å²) in [6.45, 7) is 2.02. The molecule has 104 valence electrons. The molecule has 1 N–H and O–H groups in total. The molecule has 2 rings (SSSR count). The van der Waals surface area contributed by atoms with Gasteiger partial charge in [0.2, 0.25) is 0 Å². The van der Waals surface area contributed by atoms with Crippen LogP contribution in [0.5, 0.6) is 0 Å². The molecule has 1 saturated heterocycles. The molecule has 1 aromatic rings. The van der Waals surface area contributed by atoms with E-state index in [2.05, 4.69) is 5.32 Å². The number of hydrogen-bond donors (Lipinski definition) is 1. The lowest BCUT2D eigenvalue weighted by Gasteiger charge is -2.26. The number of thiocarbonyl (C=S) groups is 1. The molecule has 1 aliphatic rings. The van der Waals surface area contributed by atoms with Gasteiger partial charge in [0.25, 0.3) is 0 Å². The molecular weight excluding hydrogens is 280 g/mol. The molecule has 0 saturated carbocycles. The molecule has 1 fully saturated rings. The zero-order valence-corrected chi connectivity index (χ0v) is 12.7. The van der Waals surface area contributed by atoms with Gasteiger partial charge in [-0.25, -0.2) is 8.42 Å². The molecule has 0 radical (unpaired) electrons. The second-order valence-corrected chi connectivity index (χ2v) is 7.58. The molecule has 0 unspecified atom stereocenters. The van der Waals surface area contributed by atoms with Gasteiger partial charge in [0.05, 0.1) is 11.5 Å². The van der Waals surface area contributed by atoms with Crippen molar-refractivity contribution < 1.29 is 8.42 Å². The van der Waals surface area contributed by atoms with Gasteiger partial charge in [-0.2, -0.15) is 0 Å². The van der Waals surface area contributed by atoms with Gasteiger partial charge in [0.15, 0.2) is 14.9 Å². The average molecular weight is 298 g/mol. The highest BCUT2D eigenvalue weighted by atomic mass is 32.2. The van der Waals surface area contributed by atoms with Crippen molar-refractivity contribution in [3.8, 4) is 0 Å². The normalized spacial score (nSPS) is 21.1. The fraction of sp³-hybridized carbons (Fsp3) is 0.462. The number of benzene rings is 1. The fourth-order valence-electron chi connectivity index (χ4n) is 2.18. The smallest absolute Gasteiger partial charge is 0.173 e. The molecule has 1 aliphatic heterocycles. The van der Waals surface area contributed by atoms with E-state index < -0.39 is 9.84 Å². The van der Waals surface area contributed by atoms with Crippen molar-refractivity contribution in [2.24, 2.45) is 0 Å². The van der Waals surface area contributed by atoms with Crippen molar-refractivity contribution in [3.63, 3.8) is 0 Å². The predicted octanol–water partition coefficient (Wildman–Crippen LogP) is 1.81. The monoisotopic (exact) mass is 298 g/mol. The van der Waals surface area contributed by atoms with E-state index in [9.17, 15) is 8.42 Å². The molecule has 0 amide bonds. The topological polar surface area (TPSA) is 49.4 Å². The average Bonchev–Trinajstić information content (AvgIpc) is 2.68. The molecule has 6 heteroatoms. The molecule has 1 atom stereocenters. The summed E-state index contributed by atoms with van der Waals surface area (Å²) in [7, 11) is -1.04. The summed E-state index contributed by atoms with van der Waals surface area (Å²) in [5.41, 5.74) is 2.08. The number of rotatable bonds is 2. The van der Waals surface area contributed by atoms with Crippen LogP contribution in [0.15, 0.2) is 24.3 Å². The Labute approximate surface area is 119 Å². The van der Waals surface area contributed by atoms with Crippen LogP contribution in [0.2, 0.25) is 0 Å². The number of nitrogens with one attached hydrogen (secondary N) is 1. The third-order valence-electron chi connectivity index (χ3n) is 3.35. The standard InChI is InChI=1S/C13H18N2O2S2/c1-10-4-3-5-11(8-10)14-13(18)15(2)12-6-7-19(16,17)9-12/h3-5,8,12H,6-7,9H2,1-2H3,(H,14,18)/t12-/m1/s1. The molecule has 1 heterocycles. The van der Waals surface area contributed by atoms with E-state index in [1.54, 1.807) is 0 Å². The van der Waals surface area contributed by atoms with Crippen LogP contribution in [-0.4, -0.2) is 43.0 Å². The summed E-state index contributed by atoms with van der Waals surface area (Å²) in [6, 6.07) is 7.90. The van der Waals surface area contributed by atoms with Crippen molar-refractivity contribution in [1.29, 1.82) is 0 Å². The van der Waals surface area contributed by atoms with Gasteiger partial charge in [0, 0.05) is 18.8 Å². The van der Waals surface area contributed by atoms with E-state index >= 15 is 0 Å².